The first-order chi connectivity index (χ1) is 15.0. The molecule has 0 aliphatic rings. The Kier molecular flexibility index (Phi) is 7.55. The van der Waals surface area contributed by atoms with Crippen molar-refractivity contribution in [3.8, 4) is 0 Å². The first-order valence-corrected chi connectivity index (χ1v) is 10.5. The zero-order valence-corrected chi connectivity index (χ0v) is 17.8. The molecule has 1 heterocycles. The predicted molar refractivity (Wildman–Crippen MR) is 118 cm³/mol. The number of allylic oxidation sites excluding steroid dienone is 1. The van der Waals surface area contributed by atoms with Gasteiger partial charge < -0.3 is 15.2 Å². The van der Waals surface area contributed by atoms with Crippen molar-refractivity contribution in [2.75, 3.05) is 11.1 Å². The monoisotopic (exact) mass is 439 g/mol. The number of nitrogens with zero attached hydrogens (tertiary/aromatic N) is 3. The van der Waals surface area contributed by atoms with Crippen LogP contribution in [0.3, 0.4) is 0 Å². The Labute approximate surface area is 183 Å². The summed E-state index contributed by atoms with van der Waals surface area (Å²) >= 11 is 1.23. The number of anilines is 1. The number of benzene rings is 2. The number of halogens is 1. The van der Waals surface area contributed by atoms with Gasteiger partial charge in [-0.25, -0.2) is 4.39 Å². The zero-order chi connectivity index (χ0) is 22.2. The number of carbonyl (C=O) groups excluding carboxylic acids is 2. The quantitative estimate of drug-likeness (QED) is 0.393. The van der Waals surface area contributed by atoms with E-state index in [-0.39, 0.29) is 23.8 Å². The van der Waals surface area contributed by atoms with Gasteiger partial charge in [0, 0.05) is 12.2 Å². The van der Waals surface area contributed by atoms with Crippen molar-refractivity contribution in [3.63, 3.8) is 0 Å². The Morgan fingerprint density at radius 1 is 1.19 bits per heavy atom. The molecule has 3 aromatic rings. The summed E-state index contributed by atoms with van der Waals surface area (Å²) in [5.74, 6) is -0.684. The summed E-state index contributed by atoms with van der Waals surface area (Å²) in [5.41, 5.74) is 1.74. The molecule has 0 atom stereocenters. The fourth-order valence-electron chi connectivity index (χ4n) is 2.82. The van der Waals surface area contributed by atoms with Gasteiger partial charge in [0.1, 0.15) is 5.82 Å². The molecular weight excluding hydrogens is 417 g/mol. The Morgan fingerprint density at radius 2 is 2.00 bits per heavy atom. The highest BCUT2D eigenvalue weighted by Gasteiger charge is 2.16. The molecule has 0 aliphatic heterocycles. The van der Waals surface area contributed by atoms with Crippen LogP contribution in [0, 0.1) is 12.7 Å². The van der Waals surface area contributed by atoms with Gasteiger partial charge in [-0.1, -0.05) is 42.1 Å². The number of amides is 2. The van der Waals surface area contributed by atoms with E-state index in [1.54, 1.807) is 16.7 Å². The number of aromatic nitrogens is 3. The average Bonchev–Trinajstić information content (AvgIpc) is 3.13. The van der Waals surface area contributed by atoms with E-state index in [1.165, 1.54) is 30.0 Å². The van der Waals surface area contributed by atoms with Crippen LogP contribution in [0.25, 0.3) is 0 Å². The lowest BCUT2D eigenvalue weighted by atomic mass is 10.2. The standard InChI is InChI=1S/C22H22FN5O2S/c1-3-11-28-19(13-24-21(30)17-9-4-5-10-18(17)23)26-27-22(28)31-14-20(29)25-16-8-6-7-15(2)12-16/h3-10,12H,1,11,13-14H2,2H3,(H,24,30)(H,25,29). The molecule has 1 aromatic heterocycles. The van der Waals surface area contributed by atoms with Crippen LogP contribution in [0.1, 0.15) is 21.7 Å². The molecule has 2 aromatic carbocycles. The lowest BCUT2D eigenvalue weighted by molar-refractivity contribution is -0.113. The Hall–Kier alpha value is -3.46. The summed E-state index contributed by atoms with van der Waals surface area (Å²) < 4.78 is 15.5. The van der Waals surface area contributed by atoms with Crippen LogP contribution >= 0.6 is 11.8 Å². The molecule has 0 saturated heterocycles. The lowest BCUT2D eigenvalue weighted by Crippen LogP contribution is -2.25. The maximum absolute atomic E-state index is 13.8. The lowest BCUT2D eigenvalue weighted by Gasteiger charge is -2.09. The van der Waals surface area contributed by atoms with Gasteiger partial charge in [0.2, 0.25) is 5.91 Å². The van der Waals surface area contributed by atoms with Crippen molar-refractivity contribution >= 4 is 29.3 Å². The molecule has 2 amide bonds. The fourth-order valence-corrected chi connectivity index (χ4v) is 3.59. The molecule has 0 spiro atoms. The van der Waals surface area contributed by atoms with Gasteiger partial charge in [0.25, 0.3) is 5.91 Å². The third kappa shape index (κ3) is 6.02. The highest BCUT2D eigenvalue weighted by Crippen LogP contribution is 2.18. The van der Waals surface area contributed by atoms with Crippen molar-refractivity contribution in [1.29, 1.82) is 0 Å². The van der Waals surface area contributed by atoms with Crippen molar-refractivity contribution in [2.24, 2.45) is 0 Å². The molecule has 0 bridgehead atoms. The minimum absolute atomic E-state index is 0.0419. The summed E-state index contributed by atoms with van der Waals surface area (Å²) in [6.07, 6.45) is 1.67. The molecule has 0 aliphatic carbocycles. The summed E-state index contributed by atoms with van der Waals surface area (Å²) in [6.45, 7) is 6.14. The van der Waals surface area contributed by atoms with Gasteiger partial charge in [-0.15, -0.1) is 16.8 Å². The molecule has 0 unspecified atom stereocenters. The van der Waals surface area contributed by atoms with Crippen LogP contribution in [-0.4, -0.2) is 32.3 Å². The normalized spacial score (nSPS) is 10.5. The second kappa shape index (κ2) is 10.5. The van der Waals surface area contributed by atoms with Gasteiger partial charge in [0.05, 0.1) is 17.9 Å². The molecule has 3 rings (SSSR count). The molecule has 31 heavy (non-hydrogen) atoms. The molecule has 160 valence electrons. The molecule has 0 saturated carbocycles. The second-order valence-electron chi connectivity index (χ2n) is 6.67. The Balaban J connectivity index is 1.61. The highest BCUT2D eigenvalue weighted by molar-refractivity contribution is 7.99. The fraction of sp³-hybridized carbons (Fsp3) is 0.182. The van der Waals surface area contributed by atoms with Crippen LogP contribution in [0.4, 0.5) is 10.1 Å². The summed E-state index contributed by atoms with van der Waals surface area (Å²) in [4.78, 5) is 24.5. The first-order valence-electron chi connectivity index (χ1n) is 9.53. The number of hydrogen-bond donors (Lipinski definition) is 2. The zero-order valence-electron chi connectivity index (χ0n) is 17.0. The molecule has 2 N–H and O–H groups in total. The molecule has 0 radical (unpaired) electrons. The van der Waals surface area contributed by atoms with E-state index in [4.69, 9.17) is 0 Å². The minimum atomic E-state index is -0.594. The van der Waals surface area contributed by atoms with Gasteiger partial charge in [-0.2, -0.15) is 0 Å². The molecule has 7 nitrogen and oxygen atoms in total. The van der Waals surface area contributed by atoms with Crippen LogP contribution in [0.15, 0.2) is 66.3 Å². The summed E-state index contributed by atoms with van der Waals surface area (Å²) in [5, 5.41) is 14.2. The number of rotatable bonds is 9. The van der Waals surface area contributed by atoms with E-state index in [1.807, 2.05) is 31.2 Å². The van der Waals surface area contributed by atoms with Crippen molar-refractivity contribution in [1.82, 2.24) is 20.1 Å². The average molecular weight is 440 g/mol. The maximum atomic E-state index is 13.8. The largest absolute Gasteiger partial charge is 0.345 e. The Morgan fingerprint density at radius 3 is 2.74 bits per heavy atom. The van der Waals surface area contributed by atoms with Crippen LogP contribution < -0.4 is 10.6 Å². The summed E-state index contributed by atoms with van der Waals surface area (Å²) in [7, 11) is 0. The third-order valence-corrected chi connectivity index (χ3v) is 5.23. The maximum Gasteiger partial charge on any atom is 0.254 e. The van der Waals surface area contributed by atoms with Gasteiger partial charge in [-0.05, 0) is 36.8 Å². The minimum Gasteiger partial charge on any atom is -0.345 e. The van der Waals surface area contributed by atoms with Crippen LogP contribution in [0.2, 0.25) is 0 Å². The van der Waals surface area contributed by atoms with E-state index in [9.17, 15) is 14.0 Å². The van der Waals surface area contributed by atoms with Crippen molar-refractivity contribution in [3.05, 3.63) is 84.0 Å². The topological polar surface area (TPSA) is 88.9 Å². The van der Waals surface area contributed by atoms with E-state index in [2.05, 4.69) is 27.4 Å². The number of hydrogen-bond acceptors (Lipinski definition) is 5. The number of thioether (sulfide) groups is 1. The van der Waals surface area contributed by atoms with Gasteiger partial charge in [0.15, 0.2) is 11.0 Å². The SMILES string of the molecule is C=CCn1c(CNC(=O)c2ccccc2F)nnc1SCC(=O)Nc1cccc(C)c1. The summed E-state index contributed by atoms with van der Waals surface area (Å²) in [6, 6.07) is 13.3. The van der Waals surface area contributed by atoms with Crippen molar-refractivity contribution < 1.29 is 14.0 Å². The predicted octanol–water partition coefficient (Wildman–Crippen LogP) is 3.57. The van der Waals surface area contributed by atoms with Gasteiger partial charge in [-0.3, -0.25) is 9.59 Å². The van der Waals surface area contributed by atoms with Gasteiger partial charge >= 0.3 is 0 Å². The highest BCUT2D eigenvalue weighted by atomic mass is 32.2. The molecule has 0 fully saturated rings. The third-order valence-electron chi connectivity index (χ3n) is 4.26. The molecule has 9 heteroatoms. The Bertz CT molecular complexity index is 1100. The number of aryl methyl sites for hydroxylation is 1. The van der Waals surface area contributed by atoms with E-state index < -0.39 is 11.7 Å². The molecular formula is C22H22FN5O2S. The van der Waals surface area contributed by atoms with E-state index >= 15 is 0 Å². The number of carbonyl (C=O) groups is 2. The van der Waals surface area contributed by atoms with E-state index in [0.717, 1.165) is 11.3 Å². The van der Waals surface area contributed by atoms with Crippen LogP contribution in [-0.2, 0) is 17.9 Å². The van der Waals surface area contributed by atoms with Crippen molar-refractivity contribution in [2.45, 2.75) is 25.2 Å². The number of nitrogens with one attached hydrogen (secondary N) is 2. The smallest absolute Gasteiger partial charge is 0.254 e. The van der Waals surface area contributed by atoms with Crippen LogP contribution in [0.5, 0.6) is 0 Å². The van der Waals surface area contributed by atoms with E-state index in [0.29, 0.717) is 17.5 Å². The first kappa shape index (κ1) is 22.2. The second-order valence-corrected chi connectivity index (χ2v) is 7.61.